The number of halogens is 1. The molecule has 0 unspecified atom stereocenters. The maximum Gasteiger partial charge on any atom is 0.129 e. The number of aromatic nitrogens is 1. The normalized spacial score (nSPS) is 10.6. The second kappa shape index (κ2) is 6.59. The predicted octanol–water partition coefficient (Wildman–Crippen LogP) is 4.83. The summed E-state index contributed by atoms with van der Waals surface area (Å²) in [5, 5.41) is 3.14. The van der Waals surface area contributed by atoms with Crippen LogP contribution in [0.1, 0.15) is 12.6 Å². The fraction of sp³-hybridized carbons (Fsp3) is 0.308. The van der Waals surface area contributed by atoms with E-state index in [9.17, 15) is 0 Å². The van der Waals surface area contributed by atoms with Crippen LogP contribution in [0.4, 0.5) is 0 Å². The summed E-state index contributed by atoms with van der Waals surface area (Å²) in [4.78, 5) is 4.66. The largest absolute Gasteiger partial charge is 0.496 e. The van der Waals surface area contributed by atoms with E-state index in [4.69, 9.17) is 4.74 Å². The van der Waals surface area contributed by atoms with Gasteiger partial charge in [0.2, 0.25) is 0 Å². The van der Waals surface area contributed by atoms with Crippen molar-refractivity contribution in [3.05, 3.63) is 33.7 Å². The Hall–Kier alpha value is -0.520. The van der Waals surface area contributed by atoms with Gasteiger partial charge in [-0.2, -0.15) is 11.8 Å². The highest BCUT2D eigenvalue weighted by molar-refractivity contribution is 9.10. The summed E-state index contributed by atoms with van der Waals surface area (Å²) in [7, 11) is 1.69. The van der Waals surface area contributed by atoms with Crippen molar-refractivity contribution in [1.29, 1.82) is 0 Å². The first kappa shape index (κ1) is 13.9. The predicted molar refractivity (Wildman–Crippen MR) is 83.6 cm³/mol. The first-order valence-corrected chi connectivity index (χ1v) is 8.43. The van der Waals surface area contributed by atoms with E-state index in [-0.39, 0.29) is 0 Å². The van der Waals surface area contributed by atoms with Gasteiger partial charge in [0.1, 0.15) is 10.8 Å². The van der Waals surface area contributed by atoms with E-state index < -0.39 is 0 Å². The highest BCUT2D eigenvalue weighted by Crippen LogP contribution is 2.34. The molecule has 0 bridgehead atoms. The molecule has 2 rings (SSSR count). The number of methoxy groups -OCH3 is 1. The summed E-state index contributed by atoms with van der Waals surface area (Å²) in [6.45, 7) is 2.16. The molecule has 2 aromatic rings. The van der Waals surface area contributed by atoms with Crippen LogP contribution in [0.25, 0.3) is 10.6 Å². The van der Waals surface area contributed by atoms with Crippen LogP contribution in [-0.4, -0.2) is 17.8 Å². The van der Waals surface area contributed by atoms with Gasteiger partial charge >= 0.3 is 0 Å². The molecule has 2 nitrogen and oxygen atoms in total. The second-order valence-corrected chi connectivity index (χ2v) is 6.67. The van der Waals surface area contributed by atoms with Gasteiger partial charge in [-0.15, -0.1) is 11.3 Å². The third-order valence-electron chi connectivity index (χ3n) is 2.40. The van der Waals surface area contributed by atoms with Gasteiger partial charge in [-0.05, 0) is 24.0 Å². The van der Waals surface area contributed by atoms with E-state index in [1.807, 2.05) is 23.9 Å². The molecule has 18 heavy (non-hydrogen) atoms. The molecule has 0 aliphatic rings. The quantitative estimate of drug-likeness (QED) is 0.775. The van der Waals surface area contributed by atoms with Gasteiger partial charge in [0, 0.05) is 15.6 Å². The van der Waals surface area contributed by atoms with Crippen molar-refractivity contribution in [2.45, 2.75) is 12.7 Å². The third kappa shape index (κ3) is 3.28. The van der Waals surface area contributed by atoms with E-state index in [1.54, 1.807) is 18.4 Å². The lowest BCUT2D eigenvalue weighted by molar-refractivity contribution is 0.416. The Labute approximate surface area is 124 Å². The summed E-state index contributed by atoms with van der Waals surface area (Å²) in [6, 6.07) is 5.99. The molecule has 0 amide bonds. The maximum atomic E-state index is 5.39. The van der Waals surface area contributed by atoms with Crippen LogP contribution >= 0.6 is 39.0 Å². The number of hydrogen-bond acceptors (Lipinski definition) is 4. The van der Waals surface area contributed by atoms with Gasteiger partial charge in [0.15, 0.2) is 0 Å². The second-order valence-electron chi connectivity index (χ2n) is 3.63. The zero-order valence-electron chi connectivity index (χ0n) is 10.3. The van der Waals surface area contributed by atoms with E-state index in [2.05, 4.69) is 39.3 Å². The highest BCUT2D eigenvalue weighted by atomic mass is 79.9. The average Bonchev–Trinajstić information content (AvgIpc) is 2.85. The molecule has 0 saturated carbocycles. The lowest BCUT2D eigenvalue weighted by Crippen LogP contribution is -1.88. The van der Waals surface area contributed by atoms with Crippen LogP contribution in [0.15, 0.2) is 28.1 Å². The monoisotopic (exact) mass is 343 g/mol. The third-order valence-corrected chi connectivity index (χ3v) is 4.72. The first-order valence-electron chi connectivity index (χ1n) is 5.60. The minimum atomic E-state index is 0.863. The fourth-order valence-electron chi connectivity index (χ4n) is 1.55. The standard InChI is InChI=1S/C13H14BrNOS2/c1-3-17-7-10-8-18-13(15-10)11-6-9(14)4-5-12(11)16-2/h4-6,8H,3,7H2,1-2H3. The van der Waals surface area contributed by atoms with Crippen LogP contribution in [0, 0.1) is 0 Å². The molecule has 96 valence electrons. The van der Waals surface area contributed by atoms with Gasteiger partial charge in [-0.25, -0.2) is 4.98 Å². The zero-order chi connectivity index (χ0) is 13.0. The van der Waals surface area contributed by atoms with Crippen molar-refractivity contribution >= 4 is 39.0 Å². The van der Waals surface area contributed by atoms with Crippen LogP contribution in [0.2, 0.25) is 0 Å². The van der Waals surface area contributed by atoms with Gasteiger partial charge in [-0.3, -0.25) is 0 Å². The first-order chi connectivity index (χ1) is 8.74. The van der Waals surface area contributed by atoms with Crippen LogP contribution < -0.4 is 4.74 Å². The van der Waals surface area contributed by atoms with Crippen molar-refractivity contribution in [3.63, 3.8) is 0 Å². The Kier molecular flexibility index (Phi) is 5.09. The van der Waals surface area contributed by atoms with Gasteiger partial charge in [-0.1, -0.05) is 22.9 Å². The van der Waals surface area contributed by atoms with E-state index in [0.29, 0.717) is 0 Å². The molecule has 0 fully saturated rings. The molecule has 5 heteroatoms. The van der Waals surface area contributed by atoms with Crippen molar-refractivity contribution in [1.82, 2.24) is 4.98 Å². The van der Waals surface area contributed by atoms with Gasteiger partial charge in [0.25, 0.3) is 0 Å². The maximum absolute atomic E-state index is 5.39. The number of thioether (sulfide) groups is 1. The summed E-state index contributed by atoms with van der Waals surface area (Å²) >= 11 is 7.04. The van der Waals surface area contributed by atoms with Crippen molar-refractivity contribution < 1.29 is 4.74 Å². The Bertz CT molecular complexity index is 527. The van der Waals surface area contributed by atoms with E-state index in [0.717, 1.165) is 38.0 Å². The minimum absolute atomic E-state index is 0.863. The zero-order valence-corrected chi connectivity index (χ0v) is 13.5. The Morgan fingerprint density at radius 1 is 1.44 bits per heavy atom. The summed E-state index contributed by atoms with van der Waals surface area (Å²) in [5.74, 6) is 2.96. The lowest BCUT2D eigenvalue weighted by Gasteiger charge is -2.06. The number of benzene rings is 1. The molecule has 1 aromatic heterocycles. The van der Waals surface area contributed by atoms with E-state index >= 15 is 0 Å². The van der Waals surface area contributed by atoms with Crippen molar-refractivity contribution in [2.75, 3.05) is 12.9 Å². The lowest BCUT2D eigenvalue weighted by atomic mass is 10.2. The molecule has 0 N–H and O–H groups in total. The molecule has 1 heterocycles. The van der Waals surface area contributed by atoms with Crippen LogP contribution in [0.5, 0.6) is 5.75 Å². The molecule has 0 radical (unpaired) electrons. The molecule has 0 aliphatic heterocycles. The summed E-state index contributed by atoms with van der Waals surface area (Å²) in [5.41, 5.74) is 2.19. The fourth-order valence-corrected chi connectivity index (χ4v) is 3.42. The Balaban J connectivity index is 2.30. The van der Waals surface area contributed by atoms with Crippen LogP contribution in [-0.2, 0) is 5.75 Å². The molecular weight excluding hydrogens is 330 g/mol. The van der Waals surface area contributed by atoms with Crippen molar-refractivity contribution in [3.8, 4) is 16.3 Å². The Morgan fingerprint density at radius 2 is 2.28 bits per heavy atom. The molecule has 0 atom stereocenters. The van der Waals surface area contributed by atoms with Crippen LogP contribution in [0.3, 0.4) is 0 Å². The number of rotatable bonds is 5. The van der Waals surface area contributed by atoms with Gasteiger partial charge in [0.05, 0.1) is 18.4 Å². The SMILES string of the molecule is CCSCc1csc(-c2cc(Br)ccc2OC)n1. The number of thiazole rings is 1. The smallest absolute Gasteiger partial charge is 0.129 e. The number of nitrogens with zero attached hydrogens (tertiary/aromatic N) is 1. The van der Waals surface area contributed by atoms with E-state index in [1.165, 1.54) is 0 Å². The molecular formula is C13H14BrNOS2. The molecule has 1 aromatic carbocycles. The topological polar surface area (TPSA) is 22.1 Å². The number of hydrogen-bond donors (Lipinski definition) is 0. The summed E-state index contributed by atoms with van der Waals surface area (Å²) in [6.07, 6.45) is 0. The van der Waals surface area contributed by atoms with Gasteiger partial charge < -0.3 is 4.74 Å². The molecule has 0 spiro atoms. The molecule has 0 saturated heterocycles. The minimum Gasteiger partial charge on any atom is -0.496 e. The molecule has 0 aliphatic carbocycles. The average molecular weight is 344 g/mol. The summed E-state index contributed by atoms with van der Waals surface area (Å²) < 4.78 is 6.43. The number of ether oxygens (including phenoxy) is 1. The highest BCUT2D eigenvalue weighted by Gasteiger charge is 2.10. The Morgan fingerprint density at radius 3 is 3.00 bits per heavy atom. The van der Waals surface area contributed by atoms with Crippen molar-refractivity contribution in [2.24, 2.45) is 0 Å².